The Morgan fingerprint density at radius 2 is 1.93 bits per heavy atom. The molecule has 7 nitrogen and oxygen atoms in total. The van der Waals surface area contributed by atoms with E-state index in [1.165, 1.54) is 0 Å². The van der Waals surface area contributed by atoms with Crippen LogP contribution in [0.5, 0.6) is 0 Å². The average molecular weight is 391 g/mol. The molecule has 0 N–H and O–H groups in total. The number of amides is 1. The number of rotatable bonds is 3. The van der Waals surface area contributed by atoms with E-state index in [9.17, 15) is 4.79 Å². The highest BCUT2D eigenvalue weighted by molar-refractivity contribution is 5.94. The molecule has 29 heavy (non-hydrogen) atoms. The zero-order valence-corrected chi connectivity index (χ0v) is 17.3. The van der Waals surface area contributed by atoms with Gasteiger partial charge < -0.3 is 9.42 Å². The number of piperidine rings is 1. The fraction of sp³-hybridized carbons (Fsp3) is 0.409. The molecule has 4 rings (SSSR count). The second-order valence-electron chi connectivity index (χ2n) is 7.66. The van der Waals surface area contributed by atoms with Crippen LogP contribution in [0.4, 0.5) is 0 Å². The molecular formula is C22H25N5O2. The van der Waals surface area contributed by atoms with Crippen molar-refractivity contribution in [1.29, 1.82) is 0 Å². The summed E-state index contributed by atoms with van der Waals surface area (Å²) < 4.78 is 5.30. The zero-order valence-electron chi connectivity index (χ0n) is 17.3. The fourth-order valence-electron chi connectivity index (χ4n) is 3.92. The Labute approximate surface area is 170 Å². The first-order chi connectivity index (χ1) is 13.9. The number of carbonyl (C=O) groups is 1. The molecule has 150 valence electrons. The van der Waals surface area contributed by atoms with Crippen molar-refractivity contribution in [1.82, 2.24) is 25.0 Å². The Morgan fingerprint density at radius 1 is 1.10 bits per heavy atom. The molecule has 3 aromatic heterocycles. The SMILES string of the molecule is Cc1ccc(C(=O)N2CCCC[C@H]2c2cc(C)nc(-c3c(C)noc3C)n2)cn1. The van der Waals surface area contributed by atoms with E-state index in [4.69, 9.17) is 9.51 Å². The van der Waals surface area contributed by atoms with Gasteiger partial charge in [-0.15, -0.1) is 0 Å². The van der Waals surface area contributed by atoms with Crippen LogP contribution in [0, 0.1) is 27.7 Å². The van der Waals surface area contributed by atoms with E-state index < -0.39 is 0 Å². The number of nitrogens with zero attached hydrogens (tertiary/aromatic N) is 5. The molecular weight excluding hydrogens is 366 g/mol. The van der Waals surface area contributed by atoms with Crippen LogP contribution < -0.4 is 0 Å². The summed E-state index contributed by atoms with van der Waals surface area (Å²) in [5.74, 6) is 1.30. The van der Waals surface area contributed by atoms with Crippen molar-refractivity contribution in [2.75, 3.05) is 6.54 Å². The number of hydrogen-bond donors (Lipinski definition) is 0. The molecule has 1 amide bonds. The van der Waals surface area contributed by atoms with Crippen LogP contribution in [0.2, 0.25) is 0 Å². The van der Waals surface area contributed by atoms with E-state index in [1.807, 2.05) is 50.8 Å². The normalized spacial score (nSPS) is 16.8. The van der Waals surface area contributed by atoms with Gasteiger partial charge in [0.05, 0.1) is 28.6 Å². The number of aryl methyl sites for hydroxylation is 4. The number of likely N-dealkylation sites (tertiary alicyclic amines) is 1. The predicted molar refractivity (Wildman–Crippen MR) is 108 cm³/mol. The molecule has 3 aromatic rings. The molecule has 0 saturated carbocycles. The van der Waals surface area contributed by atoms with Crippen LogP contribution in [0.1, 0.15) is 64.2 Å². The van der Waals surface area contributed by atoms with Crippen LogP contribution in [-0.2, 0) is 0 Å². The summed E-state index contributed by atoms with van der Waals surface area (Å²) in [6.45, 7) is 8.32. The van der Waals surface area contributed by atoms with Gasteiger partial charge >= 0.3 is 0 Å². The highest BCUT2D eigenvalue weighted by Gasteiger charge is 2.31. The number of pyridine rings is 1. The topological polar surface area (TPSA) is 85.0 Å². The third-order valence-corrected chi connectivity index (χ3v) is 5.39. The van der Waals surface area contributed by atoms with E-state index in [0.29, 0.717) is 23.7 Å². The molecule has 0 radical (unpaired) electrons. The van der Waals surface area contributed by atoms with Crippen molar-refractivity contribution >= 4 is 5.91 Å². The Bertz CT molecular complexity index is 1020. The molecule has 1 aliphatic heterocycles. The van der Waals surface area contributed by atoms with Gasteiger partial charge in [0.2, 0.25) is 0 Å². The Balaban J connectivity index is 1.72. The second kappa shape index (κ2) is 7.73. The lowest BCUT2D eigenvalue weighted by Crippen LogP contribution is -2.39. The van der Waals surface area contributed by atoms with Gasteiger partial charge in [0.15, 0.2) is 5.82 Å². The van der Waals surface area contributed by atoms with Gasteiger partial charge in [0.1, 0.15) is 5.76 Å². The van der Waals surface area contributed by atoms with Crippen LogP contribution in [-0.4, -0.2) is 37.5 Å². The lowest BCUT2D eigenvalue weighted by Gasteiger charge is -2.35. The summed E-state index contributed by atoms with van der Waals surface area (Å²) >= 11 is 0. The van der Waals surface area contributed by atoms with Gasteiger partial charge in [0.25, 0.3) is 5.91 Å². The first-order valence-electron chi connectivity index (χ1n) is 9.96. The summed E-state index contributed by atoms with van der Waals surface area (Å²) in [7, 11) is 0. The average Bonchev–Trinajstić information content (AvgIpc) is 3.05. The van der Waals surface area contributed by atoms with E-state index in [2.05, 4.69) is 15.1 Å². The Morgan fingerprint density at radius 3 is 2.62 bits per heavy atom. The lowest BCUT2D eigenvalue weighted by atomic mass is 9.97. The van der Waals surface area contributed by atoms with Gasteiger partial charge in [-0.05, 0) is 65.2 Å². The molecule has 1 saturated heterocycles. The molecule has 7 heteroatoms. The maximum absolute atomic E-state index is 13.2. The van der Waals surface area contributed by atoms with Crippen molar-refractivity contribution in [3.8, 4) is 11.4 Å². The largest absolute Gasteiger partial charge is 0.361 e. The fourth-order valence-corrected chi connectivity index (χ4v) is 3.92. The van der Waals surface area contributed by atoms with Crippen LogP contribution in [0.15, 0.2) is 28.9 Å². The first-order valence-corrected chi connectivity index (χ1v) is 9.96. The third-order valence-electron chi connectivity index (χ3n) is 5.39. The first kappa shape index (κ1) is 19.2. The van der Waals surface area contributed by atoms with Crippen molar-refractivity contribution < 1.29 is 9.32 Å². The van der Waals surface area contributed by atoms with Crippen molar-refractivity contribution in [3.63, 3.8) is 0 Å². The molecule has 0 aromatic carbocycles. The number of aromatic nitrogens is 4. The third kappa shape index (κ3) is 3.77. The van der Waals surface area contributed by atoms with Crippen LogP contribution >= 0.6 is 0 Å². The molecule has 0 spiro atoms. The number of hydrogen-bond acceptors (Lipinski definition) is 6. The van der Waals surface area contributed by atoms with Gasteiger partial charge in [-0.1, -0.05) is 5.16 Å². The molecule has 0 bridgehead atoms. The van der Waals surface area contributed by atoms with Gasteiger partial charge in [-0.3, -0.25) is 9.78 Å². The van der Waals surface area contributed by atoms with Crippen LogP contribution in [0.3, 0.4) is 0 Å². The monoisotopic (exact) mass is 391 g/mol. The van der Waals surface area contributed by atoms with E-state index >= 15 is 0 Å². The minimum Gasteiger partial charge on any atom is -0.361 e. The molecule has 0 aliphatic carbocycles. The molecule has 0 unspecified atom stereocenters. The Kier molecular flexibility index (Phi) is 5.13. The highest BCUT2D eigenvalue weighted by atomic mass is 16.5. The van der Waals surface area contributed by atoms with E-state index in [-0.39, 0.29) is 11.9 Å². The van der Waals surface area contributed by atoms with Crippen molar-refractivity contribution in [2.24, 2.45) is 0 Å². The predicted octanol–water partition coefficient (Wildman–Crippen LogP) is 4.13. The Hall–Kier alpha value is -3.09. The smallest absolute Gasteiger partial charge is 0.255 e. The number of carbonyl (C=O) groups excluding carboxylic acids is 1. The molecule has 4 heterocycles. The summed E-state index contributed by atoms with van der Waals surface area (Å²) in [6.07, 6.45) is 4.58. The molecule has 1 fully saturated rings. The molecule has 1 atom stereocenters. The quantitative estimate of drug-likeness (QED) is 0.667. The zero-order chi connectivity index (χ0) is 20.5. The maximum Gasteiger partial charge on any atom is 0.255 e. The summed E-state index contributed by atoms with van der Waals surface area (Å²) in [4.78, 5) is 28.9. The maximum atomic E-state index is 13.2. The minimum absolute atomic E-state index is 0.00245. The van der Waals surface area contributed by atoms with Crippen molar-refractivity contribution in [3.05, 3.63) is 58.5 Å². The van der Waals surface area contributed by atoms with E-state index in [1.54, 1.807) is 6.20 Å². The summed E-state index contributed by atoms with van der Waals surface area (Å²) in [5, 5.41) is 4.03. The van der Waals surface area contributed by atoms with Gasteiger partial charge in [-0.25, -0.2) is 9.97 Å². The minimum atomic E-state index is -0.0847. The molecule has 1 aliphatic rings. The highest BCUT2D eigenvalue weighted by Crippen LogP contribution is 2.33. The van der Waals surface area contributed by atoms with Crippen molar-refractivity contribution in [2.45, 2.75) is 53.0 Å². The standard InChI is InChI=1S/C22H25N5O2/c1-13-8-9-17(12-23-13)22(28)27-10-6-5-7-19(27)18-11-14(2)24-21(25-18)20-15(3)26-29-16(20)4/h8-9,11-12,19H,5-7,10H2,1-4H3/t19-/m0/s1. The summed E-state index contributed by atoms with van der Waals surface area (Å²) in [5.41, 5.74) is 4.82. The summed E-state index contributed by atoms with van der Waals surface area (Å²) in [6, 6.07) is 5.61. The van der Waals surface area contributed by atoms with Gasteiger partial charge in [0, 0.05) is 24.1 Å². The van der Waals surface area contributed by atoms with Gasteiger partial charge in [-0.2, -0.15) is 0 Å². The van der Waals surface area contributed by atoms with Crippen LogP contribution in [0.25, 0.3) is 11.4 Å². The second-order valence-corrected chi connectivity index (χ2v) is 7.66. The van der Waals surface area contributed by atoms with E-state index in [0.717, 1.165) is 47.6 Å². The lowest BCUT2D eigenvalue weighted by molar-refractivity contribution is 0.0605.